The maximum Gasteiger partial charge on any atom is 0.136 e. The molecule has 2 unspecified atom stereocenters. The van der Waals surface area contributed by atoms with Crippen LogP contribution in [0.25, 0.3) is 0 Å². The molecule has 88 valence electrons. The fraction of sp³-hybridized carbons (Fsp3) is 0.929. The van der Waals surface area contributed by atoms with Gasteiger partial charge in [-0.2, -0.15) is 0 Å². The summed E-state index contributed by atoms with van der Waals surface area (Å²) in [7, 11) is 0. The van der Waals surface area contributed by atoms with Crippen LogP contribution in [-0.4, -0.2) is 5.78 Å². The third kappa shape index (κ3) is 3.96. The number of hydrogen-bond acceptors (Lipinski definition) is 1. The van der Waals surface area contributed by atoms with E-state index < -0.39 is 0 Å². The van der Waals surface area contributed by atoms with Gasteiger partial charge in [0.2, 0.25) is 0 Å². The van der Waals surface area contributed by atoms with Gasteiger partial charge in [-0.1, -0.05) is 46.0 Å². The smallest absolute Gasteiger partial charge is 0.136 e. The minimum Gasteiger partial charge on any atom is -0.299 e. The molecule has 1 fully saturated rings. The molecule has 1 heteroatoms. The third-order valence-electron chi connectivity index (χ3n) is 3.87. The second-order valence-corrected chi connectivity index (χ2v) is 4.98. The minimum absolute atomic E-state index is 0.417. The van der Waals surface area contributed by atoms with Crippen LogP contribution in [0.3, 0.4) is 0 Å². The van der Waals surface area contributed by atoms with Crippen LogP contribution in [0.1, 0.15) is 71.6 Å². The molecular weight excluding hydrogens is 184 g/mol. The first-order chi connectivity index (χ1) is 7.29. The minimum atomic E-state index is 0.417. The van der Waals surface area contributed by atoms with Gasteiger partial charge in [-0.15, -0.1) is 0 Å². The highest BCUT2D eigenvalue weighted by atomic mass is 16.1. The van der Waals surface area contributed by atoms with Crippen molar-refractivity contribution in [3.05, 3.63) is 0 Å². The van der Waals surface area contributed by atoms with E-state index in [2.05, 4.69) is 13.8 Å². The van der Waals surface area contributed by atoms with Gasteiger partial charge in [-0.05, 0) is 25.2 Å². The van der Waals surface area contributed by atoms with E-state index >= 15 is 0 Å². The quantitative estimate of drug-likeness (QED) is 0.596. The topological polar surface area (TPSA) is 17.1 Å². The molecule has 1 saturated carbocycles. The highest BCUT2D eigenvalue weighted by Crippen LogP contribution is 2.32. The van der Waals surface area contributed by atoms with E-state index in [0.29, 0.717) is 17.6 Å². The van der Waals surface area contributed by atoms with Crippen molar-refractivity contribution in [3.8, 4) is 0 Å². The molecule has 0 aromatic carbocycles. The first-order valence-corrected chi connectivity index (χ1v) is 6.82. The highest BCUT2D eigenvalue weighted by Gasteiger charge is 2.28. The van der Waals surface area contributed by atoms with E-state index in [1.54, 1.807) is 0 Å². The van der Waals surface area contributed by atoms with E-state index in [1.165, 1.54) is 44.9 Å². The third-order valence-corrected chi connectivity index (χ3v) is 3.87. The van der Waals surface area contributed by atoms with Crippen molar-refractivity contribution in [2.75, 3.05) is 0 Å². The predicted molar refractivity (Wildman–Crippen MR) is 64.9 cm³/mol. The predicted octanol–water partition coefficient (Wildman–Crippen LogP) is 4.35. The van der Waals surface area contributed by atoms with Crippen molar-refractivity contribution in [1.29, 1.82) is 0 Å². The second-order valence-electron chi connectivity index (χ2n) is 4.98. The zero-order valence-electron chi connectivity index (χ0n) is 10.4. The van der Waals surface area contributed by atoms with Crippen LogP contribution < -0.4 is 0 Å². The van der Waals surface area contributed by atoms with Crippen LogP contribution in [0, 0.1) is 11.8 Å². The number of Topliss-reactive ketones (excluding diaryl/α,β-unsaturated/α-hetero) is 1. The van der Waals surface area contributed by atoms with Gasteiger partial charge in [0, 0.05) is 12.3 Å². The van der Waals surface area contributed by atoms with Crippen molar-refractivity contribution in [1.82, 2.24) is 0 Å². The van der Waals surface area contributed by atoms with Crippen molar-refractivity contribution < 1.29 is 4.79 Å². The molecule has 0 heterocycles. The largest absolute Gasteiger partial charge is 0.299 e. The maximum atomic E-state index is 11.8. The zero-order valence-corrected chi connectivity index (χ0v) is 10.4. The van der Waals surface area contributed by atoms with Gasteiger partial charge >= 0.3 is 0 Å². The lowest BCUT2D eigenvalue weighted by Crippen LogP contribution is -2.26. The number of rotatable bonds is 6. The maximum absolute atomic E-state index is 11.8. The average molecular weight is 210 g/mol. The summed E-state index contributed by atoms with van der Waals surface area (Å²) < 4.78 is 0. The molecule has 1 nitrogen and oxygen atoms in total. The highest BCUT2D eigenvalue weighted by molar-refractivity contribution is 5.81. The summed E-state index contributed by atoms with van der Waals surface area (Å²) >= 11 is 0. The Morgan fingerprint density at radius 1 is 1.27 bits per heavy atom. The molecule has 2 atom stereocenters. The Labute approximate surface area is 94.6 Å². The second kappa shape index (κ2) is 7.03. The molecule has 1 aliphatic carbocycles. The standard InChI is InChI=1S/C14H26O/c1-3-5-6-9-12(4-2)13-10-7-8-11-14(13)15/h12-13H,3-11H2,1-2H3. The fourth-order valence-corrected chi connectivity index (χ4v) is 2.85. The molecule has 0 aromatic rings. The van der Waals surface area contributed by atoms with E-state index in [4.69, 9.17) is 0 Å². The van der Waals surface area contributed by atoms with Crippen LogP contribution in [-0.2, 0) is 4.79 Å². The molecule has 0 aromatic heterocycles. The number of unbranched alkanes of at least 4 members (excludes halogenated alkanes) is 2. The molecule has 0 N–H and O–H groups in total. The first-order valence-electron chi connectivity index (χ1n) is 6.82. The van der Waals surface area contributed by atoms with Gasteiger partial charge in [0.1, 0.15) is 5.78 Å². The Morgan fingerprint density at radius 2 is 2.07 bits per heavy atom. The number of hydrogen-bond donors (Lipinski definition) is 0. The molecule has 0 spiro atoms. The molecule has 0 bridgehead atoms. The average Bonchev–Trinajstić information content (AvgIpc) is 2.26. The summed E-state index contributed by atoms with van der Waals surface area (Å²) in [4.78, 5) is 11.8. The van der Waals surface area contributed by atoms with Crippen molar-refractivity contribution in [3.63, 3.8) is 0 Å². The summed E-state index contributed by atoms with van der Waals surface area (Å²) in [5.41, 5.74) is 0. The Morgan fingerprint density at radius 3 is 2.67 bits per heavy atom. The molecule has 0 aliphatic heterocycles. The van der Waals surface area contributed by atoms with Gasteiger partial charge in [0.15, 0.2) is 0 Å². The Kier molecular flexibility index (Phi) is 5.97. The summed E-state index contributed by atoms with van der Waals surface area (Å²) in [6, 6.07) is 0. The molecule has 1 aliphatic rings. The van der Waals surface area contributed by atoms with Gasteiger partial charge in [-0.25, -0.2) is 0 Å². The van der Waals surface area contributed by atoms with Crippen LogP contribution >= 0.6 is 0 Å². The molecule has 1 rings (SSSR count). The van der Waals surface area contributed by atoms with Crippen molar-refractivity contribution >= 4 is 5.78 Å². The van der Waals surface area contributed by atoms with E-state index in [9.17, 15) is 4.79 Å². The molecule has 0 radical (unpaired) electrons. The first kappa shape index (κ1) is 12.7. The summed E-state index contributed by atoms with van der Waals surface area (Å²) in [5, 5.41) is 0. The summed E-state index contributed by atoms with van der Waals surface area (Å²) in [6.07, 6.45) is 10.9. The Balaban J connectivity index is 2.37. The lowest BCUT2D eigenvalue weighted by atomic mass is 9.76. The van der Waals surface area contributed by atoms with Crippen molar-refractivity contribution in [2.45, 2.75) is 71.6 Å². The van der Waals surface area contributed by atoms with Crippen LogP contribution in [0.4, 0.5) is 0 Å². The van der Waals surface area contributed by atoms with Crippen LogP contribution in [0.15, 0.2) is 0 Å². The SMILES string of the molecule is CCCCCC(CC)C1CCCCC1=O. The zero-order chi connectivity index (χ0) is 11.1. The number of carbonyl (C=O) groups is 1. The molecule has 15 heavy (non-hydrogen) atoms. The molecular formula is C14H26O. The number of carbonyl (C=O) groups excluding carboxylic acids is 1. The van der Waals surface area contributed by atoms with Gasteiger partial charge in [-0.3, -0.25) is 4.79 Å². The normalized spacial score (nSPS) is 24.1. The fourth-order valence-electron chi connectivity index (χ4n) is 2.85. The molecule has 0 saturated heterocycles. The number of ketones is 1. The van der Waals surface area contributed by atoms with E-state index in [-0.39, 0.29) is 0 Å². The Hall–Kier alpha value is -0.330. The molecule has 0 amide bonds. The van der Waals surface area contributed by atoms with Crippen LogP contribution in [0.5, 0.6) is 0 Å². The van der Waals surface area contributed by atoms with Crippen molar-refractivity contribution in [2.24, 2.45) is 11.8 Å². The lowest BCUT2D eigenvalue weighted by molar-refractivity contribution is -0.126. The Bertz CT molecular complexity index is 186. The summed E-state index contributed by atoms with van der Waals surface area (Å²) in [5.74, 6) is 1.66. The van der Waals surface area contributed by atoms with Gasteiger partial charge < -0.3 is 0 Å². The van der Waals surface area contributed by atoms with Gasteiger partial charge in [0.05, 0.1) is 0 Å². The van der Waals surface area contributed by atoms with Gasteiger partial charge in [0.25, 0.3) is 0 Å². The van der Waals surface area contributed by atoms with Crippen LogP contribution in [0.2, 0.25) is 0 Å². The summed E-state index contributed by atoms with van der Waals surface area (Å²) in [6.45, 7) is 4.49. The van der Waals surface area contributed by atoms with E-state index in [1.807, 2.05) is 0 Å². The lowest BCUT2D eigenvalue weighted by Gasteiger charge is -2.28. The monoisotopic (exact) mass is 210 g/mol. The van der Waals surface area contributed by atoms with E-state index in [0.717, 1.165) is 12.8 Å².